The second-order valence-electron chi connectivity index (χ2n) is 6.35. The Morgan fingerprint density at radius 1 is 1.16 bits per heavy atom. The number of benzene rings is 2. The lowest BCUT2D eigenvalue weighted by molar-refractivity contribution is -0.125. The van der Waals surface area contributed by atoms with Crippen LogP contribution in [0.4, 0.5) is 19.3 Å². The minimum absolute atomic E-state index is 0.0649. The van der Waals surface area contributed by atoms with Gasteiger partial charge in [0.05, 0.1) is 12.3 Å². The van der Waals surface area contributed by atoms with Crippen LogP contribution in [0, 0.1) is 11.6 Å². The molecule has 0 aromatic heterocycles. The van der Waals surface area contributed by atoms with Crippen molar-refractivity contribution in [1.29, 1.82) is 0 Å². The highest BCUT2D eigenvalue weighted by atomic mass is 19.1. The van der Waals surface area contributed by atoms with Gasteiger partial charge in [0.15, 0.2) is 0 Å². The Kier molecular flexibility index (Phi) is 8.92. The quantitative estimate of drug-likeness (QED) is 0.272. The number of amides is 2. The number of carbonyl (C=O) groups excluding carboxylic acids is 2. The third kappa shape index (κ3) is 7.36. The van der Waals surface area contributed by atoms with Gasteiger partial charge in [0.1, 0.15) is 30.1 Å². The van der Waals surface area contributed by atoms with Gasteiger partial charge in [-0.1, -0.05) is 18.2 Å². The number of aliphatic hydroxyl groups excluding tert-OH is 1. The molecule has 0 heterocycles. The Morgan fingerprint density at radius 2 is 1.87 bits per heavy atom. The third-order valence-corrected chi connectivity index (χ3v) is 4.13. The fourth-order valence-electron chi connectivity index (χ4n) is 2.52. The number of aliphatic hydroxyl groups is 1. The highest BCUT2D eigenvalue weighted by molar-refractivity contribution is 5.91. The van der Waals surface area contributed by atoms with Gasteiger partial charge in [0.2, 0.25) is 0 Å². The maximum atomic E-state index is 13.8. The van der Waals surface area contributed by atoms with E-state index < -0.39 is 29.7 Å². The summed E-state index contributed by atoms with van der Waals surface area (Å²) in [6.45, 7) is 1.43. The van der Waals surface area contributed by atoms with E-state index in [0.717, 1.165) is 12.1 Å². The maximum Gasteiger partial charge on any atom is 0.412 e. The predicted molar refractivity (Wildman–Crippen MR) is 107 cm³/mol. The molecule has 10 heteroatoms. The second-order valence-corrected chi connectivity index (χ2v) is 6.35. The molecular formula is C21H22F2N2O6. The zero-order valence-electron chi connectivity index (χ0n) is 16.6. The van der Waals surface area contributed by atoms with Crippen LogP contribution in [0.25, 0.3) is 0 Å². The molecular weight excluding hydrogens is 414 g/mol. The summed E-state index contributed by atoms with van der Waals surface area (Å²) in [4.78, 5) is 23.8. The first-order chi connectivity index (χ1) is 14.8. The Morgan fingerprint density at radius 3 is 2.48 bits per heavy atom. The lowest BCUT2D eigenvalue weighted by Gasteiger charge is -2.18. The van der Waals surface area contributed by atoms with Crippen LogP contribution < -0.4 is 15.5 Å². The van der Waals surface area contributed by atoms with E-state index in [9.17, 15) is 18.4 Å². The summed E-state index contributed by atoms with van der Waals surface area (Å²) in [5.41, 5.74) is 1.97. The average molecular weight is 436 g/mol. The van der Waals surface area contributed by atoms with Crippen molar-refractivity contribution in [3.8, 4) is 5.75 Å². The van der Waals surface area contributed by atoms with Crippen LogP contribution in [0.5, 0.6) is 5.75 Å². The monoisotopic (exact) mass is 436 g/mol. The number of hydrogen-bond acceptors (Lipinski definition) is 6. The molecule has 2 aromatic rings. The Bertz CT molecular complexity index is 934. The predicted octanol–water partition coefficient (Wildman–Crippen LogP) is 3.47. The summed E-state index contributed by atoms with van der Waals surface area (Å²) >= 11 is 0. The lowest BCUT2D eigenvalue weighted by Crippen LogP contribution is -2.20. The minimum Gasteiger partial charge on any atom is -0.491 e. The zero-order chi connectivity index (χ0) is 22.8. The molecule has 0 unspecified atom stereocenters. The molecule has 4 N–H and O–H groups in total. The first-order valence-electron chi connectivity index (χ1n) is 9.21. The van der Waals surface area contributed by atoms with E-state index >= 15 is 0 Å². The molecule has 2 aromatic carbocycles. The molecule has 0 aliphatic heterocycles. The molecule has 1 atom stereocenters. The summed E-state index contributed by atoms with van der Waals surface area (Å²) in [7, 11) is 0. The summed E-state index contributed by atoms with van der Waals surface area (Å²) in [5.74, 6) is -1.99. The van der Waals surface area contributed by atoms with E-state index in [2.05, 4.69) is 5.32 Å². The van der Waals surface area contributed by atoms with E-state index in [4.69, 9.17) is 19.8 Å². The molecule has 0 radical (unpaired) electrons. The molecule has 0 bridgehead atoms. The van der Waals surface area contributed by atoms with Crippen LogP contribution >= 0.6 is 0 Å². The van der Waals surface area contributed by atoms with Crippen molar-refractivity contribution in [2.24, 2.45) is 0 Å². The molecule has 0 aliphatic rings. The van der Waals surface area contributed by atoms with Gasteiger partial charge in [-0.2, -0.15) is 0 Å². The largest absolute Gasteiger partial charge is 0.491 e. The highest BCUT2D eigenvalue weighted by Crippen LogP contribution is 2.26. The normalized spacial score (nSPS) is 12.1. The van der Waals surface area contributed by atoms with E-state index in [0.29, 0.717) is 17.4 Å². The van der Waals surface area contributed by atoms with Gasteiger partial charge < -0.3 is 14.6 Å². The summed E-state index contributed by atoms with van der Waals surface area (Å²) in [6.07, 6.45) is -0.348. The number of halogens is 2. The van der Waals surface area contributed by atoms with Crippen LogP contribution in [-0.2, 0) is 9.53 Å². The highest BCUT2D eigenvalue weighted by Gasteiger charge is 2.18. The number of ether oxygens (including phenoxy) is 2. The topological polar surface area (TPSA) is 117 Å². The number of hydroxylamine groups is 1. The molecule has 0 aliphatic carbocycles. The SMILES string of the molecule is C/C(=C\C[C@@H](OC(=O)Nc1ccc(F)cc1F)c1ccc(OCCO)cc1)C(=O)NO. The van der Waals surface area contributed by atoms with Crippen LogP contribution in [0.15, 0.2) is 54.1 Å². The van der Waals surface area contributed by atoms with Crippen molar-refractivity contribution < 1.29 is 38.2 Å². The fourth-order valence-corrected chi connectivity index (χ4v) is 2.52. The fraction of sp³-hybridized carbons (Fsp3) is 0.238. The van der Waals surface area contributed by atoms with E-state index in [1.54, 1.807) is 24.3 Å². The first-order valence-corrected chi connectivity index (χ1v) is 9.21. The molecule has 166 valence electrons. The average Bonchev–Trinajstić information content (AvgIpc) is 2.76. The van der Waals surface area contributed by atoms with Gasteiger partial charge >= 0.3 is 6.09 Å². The summed E-state index contributed by atoms with van der Waals surface area (Å²) in [5, 5.41) is 19.7. The molecule has 2 amide bonds. The van der Waals surface area contributed by atoms with Gasteiger partial charge in [-0.15, -0.1) is 0 Å². The number of nitrogens with one attached hydrogen (secondary N) is 2. The van der Waals surface area contributed by atoms with Crippen LogP contribution in [-0.4, -0.2) is 35.5 Å². The molecule has 31 heavy (non-hydrogen) atoms. The van der Waals surface area contributed by atoms with E-state index in [1.807, 2.05) is 0 Å². The van der Waals surface area contributed by atoms with Crippen LogP contribution in [0.3, 0.4) is 0 Å². The van der Waals surface area contributed by atoms with Crippen molar-refractivity contribution in [3.05, 3.63) is 71.3 Å². The molecule has 0 fully saturated rings. The molecule has 2 rings (SSSR count). The maximum absolute atomic E-state index is 13.8. The molecule has 0 spiro atoms. The minimum atomic E-state index is -0.992. The van der Waals surface area contributed by atoms with Gasteiger partial charge in [-0.25, -0.2) is 19.1 Å². The summed E-state index contributed by atoms with van der Waals surface area (Å²) < 4.78 is 37.5. The van der Waals surface area contributed by atoms with Crippen molar-refractivity contribution in [2.45, 2.75) is 19.4 Å². The Labute approximate surface area is 177 Å². The van der Waals surface area contributed by atoms with Crippen LogP contribution in [0.1, 0.15) is 25.0 Å². The van der Waals surface area contributed by atoms with Gasteiger partial charge in [0.25, 0.3) is 5.91 Å². The van der Waals surface area contributed by atoms with Crippen LogP contribution in [0.2, 0.25) is 0 Å². The van der Waals surface area contributed by atoms with Crippen molar-refractivity contribution in [2.75, 3.05) is 18.5 Å². The zero-order valence-corrected chi connectivity index (χ0v) is 16.6. The smallest absolute Gasteiger partial charge is 0.412 e. The number of hydrogen-bond donors (Lipinski definition) is 4. The summed E-state index contributed by atoms with van der Waals surface area (Å²) in [6, 6.07) is 9.13. The van der Waals surface area contributed by atoms with Crippen molar-refractivity contribution >= 4 is 17.7 Å². The van der Waals surface area contributed by atoms with Crippen molar-refractivity contribution in [3.63, 3.8) is 0 Å². The van der Waals surface area contributed by atoms with Gasteiger partial charge in [-0.05, 0) is 36.8 Å². The van der Waals surface area contributed by atoms with E-state index in [-0.39, 0.29) is 30.9 Å². The van der Waals surface area contributed by atoms with E-state index in [1.165, 1.54) is 18.5 Å². The second kappa shape index (κ2) is 11.6. The Balaban J connectivity index is 2.18. The third-order valence-electron chi connectivity index (χ3n) is 4.13. The number of anilines is 1. The molecule has 8 nitrogen and oxygen atoms in total. The van der Waals surface area contributed by atoms with Crippen molar-refractivity contribution in [1.82, 2.24) is 5.48 Å². The van der Waals surface area contributed by atoms with Gasteiger partial charge in [0, 0.05) is 18.1 Å². The first kappa shape index (κ1) is 23.8. The molecule has 0 saturated heterocycles. The standard InChI is InChI=1S/C21H22F2N2O6/c1-13(20(27)25-29)2-9-19(14-3-6-16(7-4-14)30-11-10-26)31-21(28)24-18-8-5-15(22)12-17(18)23/h2-8,12,19,26,29H,9-11H2,1H3,(H,24,28)(H,25,27)/b13-2+/t19-/m1/s1. The lowest BCUT2D eigenvalue weighted by atomic mass is 10.0. The van der Waals surface area contributed by atoms with Gasteiger partial charge in [-0.3, -0.25) is 15.3 Å². The Hall–Kier alpha value is -3.50. The molecule has 0 saturated carbocycles. The number of carbonyl (C=O) groups is 2. The number of rotatable bonds is 9.